The second-order valence-corrected chi connectivity index (χ2v) is 5.69. The van der Waals surface area contributed by atoms with Crippen LogP contribution in [0.2, 0.25) is 0 Å². The van der Waals surface area contributed by atoms with Crippen LogP contribution in [0.3, 0.4) is 0 Å². The highest BCUT2D eigenvalue weighted by molar-refractivity contribution is 9.10. The SMILES string of the molecule is CCN(CCNc1cccc(Br)c1)CC1CC1. The number of nitrogens with zero attached hydrogens (tertiary/aromatic N) is 1. The average molecular weight is 297 g/mol. The lowest BCUT2D eigenvalue weighted by Crippen LogP contribution is -2.30. The highest BCUT2D eigenvalue weighted by atomic mass is 79.9. The van der Waals surface area contributed by atoms with Crippen molar-refractivity contribution in [2.24, 2.45) is 5.92 Å². The van der Waals surface area contributed by atoms with Crippen molar-refractivity contribution in [2.45, 2.75) is 19.8 Å². The lowest BCUT2D eigenvalue weighted by atomic mass is 10.3. The Hall–Kier alpha value is -0.540. The maximum atomic E-state index is 3.49. The van der Waals surface area contributed by atoms with E-state index in [0.717, 1.165) is 30.0 Å². The van der Waals surface area contributed by atoms with Crippen LogP contribution < -0.4 is 5.32 Å². The van der Waals surface area contributed by atoms with Crippen molar-refractivity contribution in [1.29, 1.82) is 0 Å². The summed E-state index contributed by atoms with van der Waals surface area (Å²) in [7, 11) is 0. The summed E-state index contributed by atoms with van der Waals surface area (Å²) in [5.74, 6) is 0.987. The van der Waals surface area contributed by atoms with Gasteiger partial charge in [0.1, 0.15) is 0 Å². The first-order chi connectivity index (χ1) is 8.28. The molecule has 0 heterocycles. The minimum Gasteiger partial charge on any atom is -0.384 e. The molecule has 0 amide bonds. The zero-order valence-electron chi connectivity index (χ0n) is 10.5. The molecule has 1 saturated carbocycles. The van der Waals surface area contributed by atoms with Crippen LogP contribution in [-0.2, 0) is 0 Å². The molecule has 0 unspecified atom stereocenters. The average Bonchev–Trinajstić information content (AvgIpc) is 3.12. The number of likely N-dealkylation sites (N-methyl/N-ethyl adjacent to an activating group) is 1. The smallest absolute Gasteiger partial charge is 0.0351 e. The monoisotopic (exact) mass is 296 g/mol. The molecule has 1 N–H and O–H groups in total. The van der Waals surface area contributed by atoms with Crippen LogP contribution in [-0.4, -0.2) is 31.1 Å². The molecule has 0 atom stereocenters. The number of hydrogen-bond acceptors (Lipinski definition) is 2. The van der Waals surface area contributed by atoms with Gasteiger partial charge in [0.15, 0.2) is 0 Å². The maximum absolute atomic E-state index is 3.49. The van der Waals surface area contributed by atoms with Crippen LogP contribution in [0.15, 0.2) is 28.7 Å². The minimum absolute atomic E-state index is 0.987. The molecule has 1 aromatic carbocycles. The van der Waals surface area contributed by atoms with Gasteiger partial charge in [-0.1, -0.05) is 28.9 Å². The van der Waals surface area contributed by atoms with Crippen LogP contribution >= 0.6 is 15.9 Å². The van der Waals surface area contributed by atoms with Crippen molar-refractivity contribution < 1.29 is 0 Å². The molecule has 0 radical (unpaired) electrons. The summed E-state index contributed by atoms with van der Waals surface area (Å²) >= 11 is 3.49. The van der Waals surface area contributed by atoms with Gasteiger partial charge < -0.3 is 10.2 Å². The topological polar surface area (TPSA) is 15.3 Å². The highest BCUT2D eigenvalue weighted by Gasteiger charge is 2.23. The predicted octanol–water partition coefficient (Wildman–Crippen LogP) is 3.59. The van der Waals surface area contributed by atoms with Crippen LogP contribution in [0, 0.1) is 5.92 Å². The summed E-state index contributed by atoms with van der Waals surface area (Å²) in [5, 5.41) is 3.47. The minimum atomic E-state index is 0.987. The van der Waals surface area contributed by atoms with Crippen molar-refractivity contribution in [3.63, 3.8) is 0 Å². The van der Waals surface area contributed by atoms with Crippen molar-refractivity contribution >= 4 is 21.6 Å². The fourth-order valence-corrected chi connectivity index (χ4v) is 2.40. The molecule has 17 heavy (non-hydrogen) atoms. The number of benzene rings is 1. The van der Waals surface area contributed by atoms with Gasteiger partial charge in [-0.15, -0.1) is 0 Å². The first-order valence-corrected chi connectivity index (χ1v) is 7.29. The molecule has 0 aromatic heterocycles. The lowest BCUT2D eigenvalue weighted by Gasteiger charge is -2.20. The zero-order chi connectivity index (χ0) is 12.1. The van der Waals surface area contributed by atoms with Crippen LogP contribution in [0.1, 0.15) is 19.8 Å². The van der Waals surface area contributed by atoms with Crippen molar-refractivity contribution in [1.82, 2.24) is 4.90 Å². The molecule has 0 saturated heterocycles. The molecule has 94 valence electrons. The predicted molar refractivity (Wildman–Crippen MR) is 77.5 cm³/mol. The van der Waals surface area contributed by atoms with Gasteiger partial charge >= 0.3 is 0 Å². The number of anilines is 1. The molecular weight excluding hydrogens is 276 g/mol. The molecule has 1 aliphatic carbocycles. The molecule has 1 aliphatic rings. The van der Waals surface area contributed by atoms with E-state index in [1.54, 1.807) is 0 Å². The van der Waals surface area contributed by atoms with Gasteiger partial charge in [0.05, 0.1) is 0 Å². The summed E-state index contributed by atoms with van der Waals surface area (Å²) in [6.07, 6.45) is 2.88. The highest BCUT2D eigenvalue weighted by Crippen LogP contribution is 2.29. The number of nitrogens with one attached hydrogen (secondary N) is 1. The summed E-state index contributed by atoms with van der Waals surface area (Å²) in [5.41, 5.74) is 1.20. The second kappa shape index (κ2) is 6.41. The van der Waals surface area contributed by atoms with Gasteiger partial charge in [0.2, 0.25) is 0 Å². The van der Waals surface area contributed by atoms with E-state index >= 15 is 0 Å². The Morgan fingerprint density at radius 3 is 2.88 bits per heavy atom. The van der Waals surface area contributed by atoms with Crippen LogP contribution in [0.4, 0.5) is 5.69 Å². The van der Waals surface area contributed by atoms with E-state index in [0.29, 0.717) is 0 Å². The van der Waals surface area contributed by atoms with Gasteiger partial charge in [-0.05, 0) is 43.5 Å². The Kier molecular flexibility index (Phi) is 4.86. The summed E-state index contributed by atoms with van der Waals surface area (Å²) in [6, 6.07) is 8.35. The third kappa shape index (κ3) is 4.68. The van der Waals surface area contributed by atoms with E-state index in [4.69, 9.17) is 0 Å². The van der Waals surface area contributed by atoms with E-state index in [1.807, 2.05) is 0 Å². The number of halogens is 1. The van der Waals surface area contributed by atoms with Gasteiger partial charge in [-0.25, -0.2) is 0 Å². The molecule has 3 heteroatoms. The Bertz CT molecular complexity index is 350. The first kappa shape index (κ1) is 12.9. The Labute approximate surface area is 113 Å². The van der Waals surface area contributed by atoms with E-state index in [2.05, 4.69) is 57.3 Å². The molecular formula is C14H21BrN2. The summed E-state index contributed by atoms with van der Waals surface area (Å²) in [4.78, 5) is 2.54. The van der Waals surface area contributed by atoms with Crippen LogP contribution in [0.25, 0.3) is 0 Å². The van der Waals surface area contributed by atoms with E-state index in [9.17, 15) is 0 Å². The largest absolute Gasteiger partial charge is 0.384 e. The van der Waals surface area contributed by atoms with Crippen LogP contribution in [0.5, 0.6) is 0 Å². The van der Waals surface area contributed by atoms with Crippen molar-refractivity contribution in [3.05, 3.63) is 28.7 Å². The van der Waals surface area contributed by atoms with Crippen molar-refractivity contribution in [2.75, 3.05) is 31.5 Å². The van der Waals surface area contributed by atoms with E-state index in [1.165, 1.54) is 25.1 Å². The standard InChI is InChI=1S/C14H21BrN2/c1-2-17(11-12-6-7-12)9-8-16-14-5-3-4-13(15)10-14/h3-5,10,12,16H,2,6-9,11H2,1H3. The van der Waals surface area contributed by atoms with Gasteiger partial charge in [0.25, 0.3) is 0 Å². The second-order valence-electron chi connectivity index (χ2n) is 4.77. The molecule has 0 aliphatic heterocycles. The van der Waals surface area contributed by atoms with Gasteiger partial charge in [0, 0.05) is 29.8 Å². The fourth-order valence-electron chi connectivity index (χ4n) is 2.00. The van der Waals surface area contributed by atoms with E-state index in [-0.39, 0.29) is 0 Å². The molecule has 1 fully saturated rings. The number of rotatable bonds is 7. The maximum Gasteiger partial charge on any atom is 0.0351 e. The molecule has 1 aromatic rings. The molecule has 2 nitrogen and oxygen atoms in total. The Balaban J connectivity index is 1.70. The lowest BCUT2D eigenvalue weighted by molar-refractivity contribution is 0.287. The molecule has 0 bridgehead atoms. The molecule has 0 spiro atoms. The summed E-state index contributed by atoms with van der Waals surface area (Å²) < 4.78 is 1.13. The first-order valence-electron chi connectivity index (χ1n) is 6.49. The van der Waals surface area contributed by atoms with Crippen molar-refractivity contribution in [3.8, 4) is 0 Å². The summed E-state index contributed by atoms with van der Waals surface area (Å²) in [6.45, 7) is 6.87. The third-order valence-electron chi connectivity index (χ3n) is 3.24. The zero-order valence-corrected chi connectivity index (χ0v) is 12.0. The van der Waals surface area contributed by atoms with Gasteiger partial charge in [-0.2, -0.15) is 0 Å². The fraction of sp³-hybridized carbons (Fsp3) is 0.571. The van der Waals surface area contributed by atoms with E-state index < -0.39 is 0 Å². The third-order valence-corrected chi connectivity index (χ3v) is 3.74. The normalized spacial score (nSPS) is 15.2. The number of hydrogen-bond donors (Lipinski definition) is 1. The Morgan fingerprint density at radius 1 is 1.41 bits per heavy atom. The quantitative estimate of drug-likeness (QED) is 0.827. The Morgan fingerprint density at radius 2 is 2.24 bits per heavy atom. The van der Waals surface area contributed by atoms with Gasteiger partial charge in [-0.3, -0.25) is 0 Å². The molecule has 2 rings (SSSR count).